The van der Waals surface area contributed by atoms with Gasteiger partial charge in [-0.25, -0.2) is 0 Å². The Morgan fingerprint density at radius 3 is 2.57 bits per heavy atom. The fourth-order valence-corrected chi connectivity index (χ4v) is 4.29. The first kappa shape index (κ1) is 14.8. The molecular formula is C19H25NS. The molecule has 0 bridgehead atoms. The zero-order valence-corrected chi connectivity index (χ0v) is 14.0. The summed E-state index contributed by atoms with van der Waals surface area (Å²) < 4.78 is 0. The SMILES string of the molecule is CC(C)N(Cc1ccccc1)Cc1csc2c1CCCC2. The van der Waals surface area contributed by atoms with E-state index < -0.39 is 0 Å². The van der Waals surface area contributed by atoms with Crippen LogP contribution >= 0.6 is 11.3 Å². The van der Waals surface area contributed by atoms with Crippen molar-refractivity contribution in [3.63, 3.8) is 0 Å². The van der Waals surface area contributed by atoms with Crippen molar-refractivity contribution in [1.82, 2.24) is 4.90 Å². The van der Waals surface area contributed by atoms with Crippen LogP contribution in [0.5, 0.6) is 0 Å². The second-order valence-electron chi connectivity index (χ2n) is 6.35. The highest BCUT2D eigenvalue weighted by atomic mass is 32.1. The Kier molecular flexibility index (Phi) is 4.77. The van der Waals surface area contributed by atoms with E-state index in [9.17, 15) is 0 Å². The minimum atomic E-state index is 0.573. The first-order valence-corrected chi connectivity index (χ1v) is 8.98. The van der Waals surface area contributed by atoms with Crippen molar-refractivity contribution in [2.24, 2.45) is 0 Å². The number of hydrogen-bond acceptors (Lipinski definition) is 2. The maximum atomic E-state index is 2.59. The van der Waals surface area contributed by atoms with Crippen LogP contribution in [0.1, 0.15) is 48.3 Å². The van der Waals surface area contributed by atoms with Gasteiger partial charge >= 0.3 is 0 Å². The van der Waals surface area contributed by atoms with E-state index in [1.54, 1.807) is 16.0 Å². The normalized spacial score (nSPS) is 14.7. The Balaban J connectivity index is 1.75. The molecule has 1 aromatic carbocycles. The molecule has 0 saturated heterocycles. The summed E-state index contributed by atoms with van der Waals surface area (Å²) in [6.45, 7) is 6.75. The number of rotatable bonds is 5. The van der Waals surface area contributed by atoms with Crippen LogP contribution in [0.15, 0.2) is 35.7 Å². The minimum absolute atomic E-state index is 0.573. The van der Waals surface area contributed by atoms with Gasteiger partial charge in [-0.3, -0.25) is 4.90 Å². The average molecular weight is 299 g/mol. The number of thiophene rings is 1. The first-order valence-electron chi connectivity index (χ1n) is 8.10. The van der Waals surface area contributed by atoms with Gasteiger partial charge in [-0.1, -0.05) is 30.3 Å². The van der Waals surface area contributed by atoms with E-state index in [0.29, 0.717) is 6.04 Å². The molecule has 1 aromatic heterocycles. The Labute approximate surface area is 132 Å². The molecule has 0 atom stereocenters. The smallest absolute Gasteiger partial charge is 0.0251 e. The van der Waals surface area contributed by atoms with Gasteiger partial charge in [0, 0.05) is 24.0 Å². The lowest BCUT2D eigenvalue weighted by molar-refractivity contribution is 0.203. The Bertz CT molecular complexity index is 571. The highest BCUT2D eigenvalue weighted by Crippen LogP contribution is 2.31. The van der Waals surface area contributed by atoms with Crippen LogP contribution in [0.4, 0.5) is 0 Å². The van der Waals surface area contributed by atoms with Crippen molar-refractivity contribution >= 4 is 11.3 Å². The molecule has 0 unspecified atom stereocenters. The number of hydrogen-bond donors (Lipinski definition) is 0. The van der Waals surface area contributed by atoms with Crippen molar-refractivity contribution in [2.75, 3.05) is 0 Å². The maximum Gasteiger partial charge on any atom is 0.0251 e. The van der Waals surface area contributed by atoms with E-state index in [1.807, 2.05) is 11.3 Å². The summed E-state index contributed by atoms with van der Waals surface area (Å²) >= 11 is 1.99. The van der Waals surface area contributed by atoms with Crippen molar-refractivity contribution in [2.45, 2.75) is 58.7 Å². The fourth-order valence-electron chi connectivity index (χ4n) is 3.15. The predicted molar refractivity (Wildman–Crippen MR) is 91.8 cm³/mol. The summed E-state index contributed by atoms with van der Waals surface area (Å²) in [6.07, 6.45) is 5.35. The van der Waals surface area contributed by atoms with Gasteiger partial charge in [0.05, 0.1) is 0 Å². The third kappa shape index (κ3) is 3.56. The number of benzene rings is 1. The molecule has 0 amide bonds. The molecule has 1 aliphatic rings. The minimum Gasteiger partial charge on any atom is -0.292 e. The topological polar surface area (TPSA) is 3.24 Å². The molecule has 1 nitrogen and oxygen atoms in total. The maximum absolute atomic E-state index is 2.59. The molecule has 0 radical (unpaired) electrons. The van der Waals surface area contributed by atoms with E-state index in [1.165, 1.54) is 31.2 Å². The van der Waals surface area contributed by atoms with Crippen LogP contribution in [-0.2, 0) is 25.9 Å². The van der Waals surface area contributed by atoms with Gasteiger partial charge in [0.1, 0.15) is 0 Å². The molecule has 112 valence electrons. The van der Waals surface area contributed by atoms with Gasteiger partial charge in [-0.2, -0.15) is 0 Å². The highest BCUT2D eigenvalue weighted by molar-refractivity contribution is 7.10. The van der Waals surface area contributed by atoms with Crippen LogP contribution in [0.3, 0.4) is 0 Å². The van der Waals surface area contributed by atoms with E-state index in [4.69, 9.17) is 0 Å². The lowest BCUT2D eigenvalue weighted by atomic mass is 9.95. The predicted octanol–water partition coefficient (Wildman–Crippen LogP) is 5.04. The average Bonchev–Trinajstić information content (AvgIpc) is 2.91. The Morgan fingerprint density at radius 1 is 1.05 bits per heavy atom. The molecule has 21 heavy (non-hydrogen) atoms. The third-order valence-electron chi connectivity index (χ3n) is 4.48. The summed E-state index contributed by atoms with van der Waals surface area (Å²) in [6, 6.07) is 11.4. The van der Waals surface area contributed by atoms with E-state index in [2.05, 4.69) is 54.5 Å². The zero-order valence-electron chi connectivity index (χ0n) is 13.1. The quantitative estimate of drug-likeness (QED) is 0.748. The van der Waals surface area contributed by atoms with Crippen molar-refractivity contribution in [3.8, 4) is 0 Å². The van der Waals surface area contributed by atoms with Crippen LogP contribution in [-0.4, -0.2) is 10.9 Å². The lowest BCUT2D eigenvalue weighted by Gasteiger charge is -2.27. The molecule has 1 aliphatic carbocycles. The van der Waals surface area contributed by atoms with Crippen LogP contribution < -0.4 is 0 Å². The third-order valence-corrected chi connectivity index (χ3v) is 5.62. The van der Waals surface area contributed by atoms with E-state index >= 15 is 0 Å². The summed E-state index contributed by atoms with van der Waals surface area (Å²) in [7, 11) is 0. The molecule has 2 heteroatoms. The molecule has 3 rings (SSSR count). The lowest BCUT2D eigenvalue weighted by Crippen LogP contribution is -2.30. The number of nitrogens with zero attached hydrogens (tertiary/aromatic N) is 1. The van der Waals surface area contributed by atoms with Crippen LogP contribution in [0, 0.1) is 0 Å². The number of fused-ring (bicyclic) bond motifs is 1. The molecule has 1 heterocycles. The highest BCUT2D eigenvalue weighted by Gasteiger charge is 2.18. The Hall–Kier alpha value is -1.12. The monoisotopic (exact) mass is 299 g/mol. The molecule has 0 saturated carbocycles. The standard InChI is InChI=1S/C19H25NS/c1-15(2)20(12-16-8-4-3-5-9-16)13-17-14-21-19-11-7-6-10-18(17)19/h3-5,8-9,14-15H,6-7,10-13H2,1-2H3. The van der Waals surface area contributed by atoms with E-state index in [0.717, 1.165) is 13.1 Å². The van der Waals surface area contributed by atoms with Gasteiger partial charge in [0.15, 0.2) is 0 Å². The van der Waals surface area contributed by atoms with Crippen molar-refractivity contribution < 1.29 is 0 Å². The molecule has 0 aliphatic heterocycles. The fraction of sp³-hybridized carbons (Fsp3) is 0.474. The summed E-state index contributed by atoms with van der Waals surface area (Å²) in [5.41, 5.74) is 4.67. The van der Waals surface area contributed by atoms with Crippen LogP contribution in [0.2, 0.25) is 0 Å². The second-order valence-corrected chi connectivity index (χ2v) is 7.32. The summed E-state index contributed by atoms with van der Waals surface area (Å²) in [5, 5.41) is 2.41. The van der Waals surface area contributed by atoms with E-state index in [-0.39, 0.29) is 0 Å². The van der Waals surface area contributed by atoms with Crippen LogP contribution in [0.25, 0.3) is 0 Å². The Morgan fingerprint density at radius 2 is 1.81 bits per heavy atom. The van der Waals surface area contributed by atoms with Crippen molar-refractivity contribution in [1.29, 1.82) is 0 Å². The number of aryl methyl sites for hydroxylation is 1. The van der Waals surface area contributed by atoms with Gasteiger partial charge in [0.25, 0.3) is 0 Å². The van der Waals surface area contributed by atoms with Crippen molar-refractivity contribution in [3.05, 3.63) is 57.3 Å². The van der Waals surface area contributed by atoms with Gasteiger partial charge in [-0.15, -0.1) is 11.3 Å². The summed E-state index contributed by atoms with van der Waals surface area (Å²) in [5.74, 6) is 0. The molecule has 0 fully saturated rings. The first-order chi connectivity index (χ1) is 10.2. The zero-order chi connectivity index (χ0) is 14.7. The summed E-state index contributed by atoms with van der Waals surface area (Å²) in [4.78, 5) is 4.24. The van der Waals surface area contributed by atoms with Gasteiger partial charge in [0.2, 0.25) is 0 Å². The van der Waals surface area contributed by atoms with Gasteiger partial charge < -0.3 is 0 Å². The molecule has 0 N–H and O–H groups in total. The molecular weight excluding hydrogens is 274 g/mol. The van der Waals surface area contributed by atoms with Gasteiger partial charge in [-0.05, 0) is 61.6 Å². The molecule has 2 aromatic rings. The second kappa shape index (κ2) is 6.76. The largest absolute Gasteiger partial charge is 0.292 e. The molecule has 0 spiro atoms.